The van der Waals surface area contributed by atoms with Gasteiger partial charge in [-0.25, -0.2) is 4.39 Å². The van der Waals surface area contributed by atoms with E-state index in [4.69, 9.17) is 14.6 Å². The number of ether oxygens (including phenoxy) is 2. The minimum Gasteiger partial charge on any atom is -0.493 e. The van der Waals surface area contributed by atoms with E-state index in [-0.39, 0.29) is 23.8 Å². The minimum absolute atomic E-state index is 0.0196. The molecule has 2 aromatic carbocycles. The molecule has 0 bridgehead atoms. The summed E-state index contributed by atoms with van der Waals surface area (Å²) in [6, 6.07) is 11.8. The number of rotatable bonds is 7. The number of hydrogen-bond acceptors (Lipinski definition) is 3. The Morgan fingerprint density at radius 1 is 1.20 bits per heavy atom. The van der Waals surface area contributed by atoms with E-state index in [2.05, 4.69) is 0 Å². The molecule has 4 nitrogen and oxygen atoms in total. The lowest BCUT2D eigenvalue weighted by molar-refractivity contribution is -0.138. The molecule has 1 fully saturated rings. The molecule has 0 radical (unpaired) electrons. The molecule has 0 heterocycles. The average Bonchev–Trinajstić information content (AvgIpc) is 3.35. The zero-order valence-electron chi connectivity index (χ0n) is 14.2. The van der Waals surface area contributed by atoms with Gasteiger partial charge in [-0.05, 0) is 56.2 Å². The maximum Gasteiger partial charge on any atom is 0.306 e. The zero-order valence-corrected chi connectivity index (χ0v) is 14.2. The van der Waals surface area contributed by atoms with Gasteiger partial charge >= 0.3 is 5.97 Å². The van der Waals surface area contributed by atoms with Gasteiger partial charge in [-0.2, -0.15) is 0 Å². The molecule has 132 valence electrons. The molecule has 5 heteroatoms. The highest BCUT2D eigenvalue weighted by Gasteiger charge is 2.43. The molecular weight excluding hydrogens is 323 g/mol. The summed E-state index contributed by atoms with van der Waals surface area (Å²) in [5.41, 5.74) is 1.20. The van der Waals surface area contributed by atoms with Crippen LogP contribution >= 0.6 is 0 Å². The molecule has 0 aromatic heterocycles. The first kappa shape index (κ1) is 17.3. The molecule has 0 aliphatic heterocycles. The number of aliphatic carboxylic acids is 1. The third kappa shape index (κ3) is 4.29. The van der Waals surface area contributed by atoms with Gasteiger partial charge in [0, 0.05) is 11.5 Å². The second-order valence-corrected chi connectivity index (χ2v) is 6.58. The second-order valence-electron chi connectivity index (χ2n) is 6.58. The number of halogens is 1. The molecule has 2 atom stereocenters. The topological polar surface area (TPSA) is 55.8 Å². The standard InChI is InChI=1S/C20H21FO4/c1-12(2)25-16-7-8-19(21)17(10-16)13-3-5-15(6-4-13)24-11-14-9-18(14)20(22)23/h3-8,10,12,14,18H,9,11H2,1-2H3,(H,22,23). The van der Waals surface area contributed by atoms with Gasteiger partial charge < -0.3 is 14.6 Å². The van der Waals surface area contributed by atoms with Gasteiger partial charge in [0.05, 0.1) is 18.6 Å². The van der Waals surface area contributed by atoms with Crippen molar-refractivity contribution in [1.82, 2.24) is 0 Å². The van der Waals surface area contributed by atoms with Crippen LogP contribution in [0.3, 0.4) is 0 Å². The third-order valence-electron chi connectivity index (χ3n) is 4.18. The summed E-state index contributed by atoms with van der Waals surface area (Å²) in [7, 11) is 0. The molecule has 2 unspecified atom stereocenters. The number of carboxylic acid groups (broad SMARTS) is 1. The van der Waals surface area contributed by atoms with Gasteiger partial charge in [-0.1, -0.05) is 12.1 Å². The molecular formula is C20H21FO4. The van der Waals surface area contributed by atoms with Gasteiger partial charge in [-0.3, -0.25) is 4.79 Å². The van der Waals surface area contributed by atoms with Crippen molar-refractivity contribution in [3.05, 3.63) is 48.3 Å². The summed E-state index contributed by atoms with van der Waals surface area (Å²) in [5, 5.41) is 8.88. The summed E-state index contributed by atoms with van der Waals surface area (Å²) in [6.07, 6.45) is 0.688. The second kappa shape index (κ2) is 7.13. The van der Waals surface area contributed by atoms with Crippen molar-refractivity contribution in [1.29, 1.82) is 0 Å². The van der Waals surface area contributed by atoms with Crippen LogP contribution in [0.15, 0.2) is 42.5 Å². The molecule has 1 aliphatic rings. The fourth-order valence-corrected chi connectivity index (χ4v) is 2.74. The fourth-order valence-electron chi connectivity index (χ4n) is 2.74. The summed E-state index contributed by atoms with van der Waals surface area (Å²) in [4.78, 5) is 10.8. The Morgan fingerprint density at radius 3 is 2.48 bits per heavy atom. The van der Waals surface area contributed by atoms with E-state index in [0.717, 1.165) is 5.56 Å². The first-order valence-corrected chi connectivity index (χ1v) is 8.36. The lowest BCUT2D eigenvalue weighted by Crippen LogP contribution is -2.06. The Balaban J connectivity index is 1.67. The normalized spacial score (nSPS) is 18.9. The van der Waals surface area contributed by atoms with E-state index in [1.54, 1.807) is 36.4 Å². The van der Waals surface area contributed by atoms with Crippen molar-refractivity contribution >= 4 is 5.97 Å². The van der Waals surface area contributed by atoms with Crippen molar-refractivity contribution in [3.8, 4) is 22.6 Å². The van der Waals surface area contributed by atoms with Crippen molar-refractivity contribution < 1.29 is 23.8 Å². The summed E-state index contributed by atoms with van der Waals surface area (Å²) >= 11 is 0. The van der Waals surface area contributed by atoms with Crippen LogP contribution in [0.2, 0.25) is 0 Å². The van der Waals surface area contributed by atoms with Crippen LogP contribution in [0, 0.1) is 17.7 Å². The Hall–Kier alpha value is -2.56. The van der Waals surface area contributed by atoms with Gasteiger partial charge in [0.2, 0.25) is 0 Å². The molecule has 1 N–H and O–H groups in total. The average molecular weight is 344 g/mol. The minimum atomic E-state index is -0.761. The van der Waals surface area contributed by atoms with Crippen LogP contribution in [0.4, 0.5) is 4.39 Å². The number of benzene rings is 2. The van der Waals surface area contributed by atoms with Gasteiger partial charge in [-0.15, -0.1) is 0 Å². The first-order valence-electron chi connectivity index (χ1n) is 8.36. The Morgan fingerprint density at radius 2 is 1.88 bits per heavy atom. The van der Waals surface area contributed by atoms with Gasteiger partial charge in [0.15, 0.2) is 0 Å². The predicted molar refractivity (Wildman–Crippen MR) is 92.3 cm³/mol. The van der Waals surface area contributed by atoms with E-state index in [1.807, 2.05) is 13.8 Å². The highest BCUT2D eigenvalue weighted by molar-refractivity contribution is 5.73. The van der Waals surface area contributed by atoms with Gasteiger partial charge in [0.1, 0.15) is 17.3 Å². The molecule has 1 aliphatic carbocycles. The molecule has 1 saturated carbocycles. The number of carbonyl (C=O) groups is 1. The van der Waals surface area contributed by atoms with E-state index < -0.39 is 5.97 Å². The highest BCUT2D eigenvalue weighted by Crippen LogP contribution is 2.39. The molecule has 25 heavy (non-hydrogen) atoms. The quantitative estimate of drug-likeness (QED) is 0.810. The Labute approximate surface area is 146 Å². The SMILES string of the molecule is CC(C)Oc1ccc(F)c(-c2ccc(OCC3CC3C(=O)O)cc2)c1. The van der Waals surface area contributed by atoms with E-state index in [9.17, 15) is 9.18 Å². The number of carboxylic acids is 1. The highest BCUT2D eigenvalue weighted by atomic mass is 19.1. The van der Waals surface area contributed by atoms with Crippen LogP contribution in [-0.2, 0) is 4.79 Å². The van der Waals surface area contributed by atoms with Crippen LogP contribution in [0.5, 0.6) is 11.5 Å². The molecule has 3 rings (SSSR count). The summed E-state index contributed by atoms with van der Waals surface area (Å²) in [5.74, 6) is 0.00137. The molecule has 0 amide bonds. The smallest absolute Gasteiger partial charge is 0.306 e. The lowest BCUT2D eigenvalue weighted by Gasteiger charge is -2.12. The Kier molecular flexibility index (Phi) is 4.93. The van der Waals surface area contributed by atoms with Gasteiger partial charge in [0.25, 0.3) is 0 Å². The maximum absolute atomic E-state index is 14.1. The zero-order chi connectivity index (χ0) is 18.0. The summed E-state index contributed by atoms with van der Waals surface area (Å²) < 4.78 is 25.4. The van der Waals surface area contributed by atoms with Crippen molar-refractivity contribution in [2.24, 2.45) is 11.8 Å². The molecule has 0 saturated heterocycles. The maximum atomic E-state index is 14.1. The lowest BCUT2D eigenvalue weighted by atomic mass is 10.0. The van der Waals surface area contributed by atoms with Crippen LogP contribution in [0.1, 0.15) is 20.3 Å². The van der Waals surface area contributed by atoms with E-state index in [0.29, 0.717) is 30.1 Å². The van der Waals surface area contributed by atoms with Crippen LogP contribution in [-0.4, -0.2) is 23.8 Å². The number of hydrogen-bond donors (Lipinski definition) is 1. The van der Waals surface area contributed by atoms with Crippen LogP contribution in [0.25, 0.3) is 11.1 Å². The monoisotopic (exact) mass is 344 g/mol. The van der Waals surface area contributed by atoms with E-state index in [1.165, 1.54) is 6.07 Å². The third-order valence-corrected chi connectivity index (χ3v) is 4.18. The Bertz CT molecular complexity index is 755. The fraction of sp³-hybridized carbons (Fsp3) is 0.350. The summed E-state index contributed by atoms with van der Waals surface area (Å²) in [6.45, 7) is 4.23. The van der Waals surface area contributed by atoms with E-state index >= 15 is 0 Å². The first-order chi connectivity index (χ1) is 11.9. The van der Waals surface area contributed by atoms with Crippen molar-refractivity contribution in [2.45, 2.75) is 26.4 Å². The van der Waals surface area contributed by atoms with Crippen molar-refractivity contribution in [2.75, 3.05) is 6.61 Å². The predicted octanol–water partition coefficient (Wildman–Crippen LogP) is 4.38. The molecule has 2 aromatic rings. The van der Waals surface area contributed by atoms with Crippen molar-refractivity contribution in [3.63, 3.8) is 0 Å². The molecule has 0 spiro atoms. The van der Waals surface area contributed by atoms with Crippen LogP contribution < -0.4 is 9.47 Å². The largest absolute Gasteiger partial charge is 0.493 e.